The average molecular weight is 444 g/mol. The van der Waals surface area contributed by atoms with Crippen LogP contribution in [0.15, 0.2) is 35.5 Å². The van der Waals surface area contributed by atoms with Gasteiger partial charge < -0.3 is 15.7 Å². The van der Waals surface area contributed by atoms with Crippen molar-refractivity contribution in [2.24, 2.45) is 5.41 Å². The van der Waals surface area contributed by atoms with Gasteiger partial charge in [0.05, 0.1) is 41.7 Å². The summed E-state index contributed by atoms with van der Waals surface area (Å²) in [5.74, 6) is -1.07. The molecule has 8 heteroatoms. The first-order chi connectivity index (χ1) is 15.6. The maximum atomic E-state index is 13.5. The fraction of sp³-hybridized carbons (Fsp3) is 0.360. The molecule has 2 N–H and O–H groups in total. The van der Waals surface area contributed by atoms with Crippen molar-refractivity contribution in [1.82, 2.24) is 9.63 Å². The van der Waals surface area contributed by atoms with Crippen molar-refractivity contribution in [3.63, 3.8) is 0 Å². The number of allylic oxidation sites excluding steroid dienone is 1. The topological polar surface area (TPSA) is 136 Å². The Bertz CT molecular complexity index is 1290. The Hall–Kier alpha value is -3.72. The van der Waals surface area contributed by atoms with Gasteiger partial charge in [-0.1, -0.05) is 11.6 Å². The molecular formula is C25H25N5O3. The van der Waals surface area contributed by atoms with Gasteiger partial charge in [0.15, 0.2) is 0 Å². The monoisotopic (exact) mass is 443 g/mol. The molecule has 1 fully saturated rings. The minimum atomic E-state index is -1.26. The summed E-state index contributed by atoms with van der Waals surface area (Å²) < 4.78 is 4.78. The highest BCUT2D eigenvalue weighted by Gasteiger charge is 2.47. The number of hydroxylamine groups is 2. The van der Waals surface area contributed by atoms with E-state index in [2.05, 4.69) is 11.1 Å². The van der Waals surface area contributed by atoms with Gasteiger partial charge in [0.1, 0.15) is 12.3 Å². The minimum Gasteiger partial charge on any atom is -0.620 e. The largest absolute Gasteiger partial charge is 0.620 e. The Kier molecular flexibility index (Phi) is 5.24. The second-order valence-electron chi connectivity index (χ2n) is 9.22. The first-order valence-electron chi connectivity index (χ1n) is 10.7. The average Bonchev–Trinajstić information content (AvgIpc) is 3.57. The molecular weight excluding hydrogens is 418 g/mol. The number of amides is 1. The zero-order chi connectivity index (χ0) is 24.1. The van der Waals surface area contributed by atoms with Crippen molar-refractivity contribution < 1.29 is 9.53 Å². The van der Waals surface area contributed by atoms with Crippen LogP contribution in [0.4, 0.5) is 11.4 Å². The summed E-state index contributed by atoms with van der Waals surface area (Å²) in [6.07, 6.45) is 3.11. The molecule has 33 heavy (non-hydrogen) atoms. The van der Waals surface area contributed by atoms with E-state index in [1.807, 2.05) is 13.0 Å². The van der Waals surface area contributed by atoms with Crippen molar-refractivity contribution in [1.29, 1.82) is 10.5 Å². The van der Waals surface area contributed by atoms with E-state index in [-0.39, 0.29) is 23.7 Å². The number of rotatable bonds is 4. The Balaban J connectivity index is 1.98. The number of aryl methyl sites for hydroxylation is 1. The fourth-order valence-corrected chi connectivity index (χ4v) is 4.31. The summed E-state index contributed by atoms with van der Waals surface area (Å²) in [4.78, 5) is 17.9. The summed E-state index contributed by atoms with van der Waals surface area (Å²) >= 11 is 0. The third-order valence-electron chi connectivity index (χ3n) is 6.56. The molecule has 1 aromatic carbocycles. The van der Waals surface area contributed by atoms with Crippen molar-refractivity contribution in [3.8, 4) is 18.0 Å². The number of benzene rings is 1. The minimum absolute atomic E-state index is 0.173. The highest BCUT2D eigenvalue weighted by molar-refractivity contribution is 6.07. The van der Waals surface area contributed by atoms with E-state index in [0.717, 1.165) is 12.8 Å². The van der Waals surface area contributed by atoms with E-state index in [0.29, 0.717) is 33.5 Å². The number of nitrogen functional groups attached to an aromatic ring is 1. The number of hydrogen-bond acceptors (Lipinski definition) is 7. The number of carbonyl (C=O) groups is 1. The molecule has 1 saturated carbocycles. The molecule has 1 amide bonds. The van der Waals surface area contributed by atoms with Gasteiger partial charge >= 0.3 is 5.91 Å². The van der Waals surface area contributed by atoms with E-state index < -0.39 is 21.9 Å². The molecule has 0 spiro atoms. The predicted octanol–water partition coefficient (Wildman–Crippen LogP) is 3.97. The van der Waals surface area contributed by atoms with Crippen LogP contribution in [0.3, 0.4) is 0 Å². The van der Waals surface area contributed by atoms with Crippen LogP contribution in [0.1, 0.15) is 54.9 Å². The normalized spacial score (nSPS) is 22.7. The maximum Gasteiger partial charge on any atom is 0.347 e. The Labute approximate surface area is 192 Å². The number of anilines is 1. The molecule has 1 aromatic heterocycles. The van der Waals surface area contributed by atoms with Crippen molar-refractivity contribution in [3.05, 3.63) is 63.0 Å². The van der Waals surface area contributed by atoms with Crippen LogP contribution in [-0.4, -0.2) is 24.5 Å². The number of ether oxygens (including phenoxy) is 1. The van der Waals surface area contributed by atoms with Crippen LogP contribution < -0.4 is 15.1 Å². The van der Waals surface area contributed by atoms with Crippen molar-refractivity contribution in [2.45, 2.75) is 39.5 Å². The number of pyridine rings is 1. The van der Waals surface area contributed by atoms with Crippen LogP contribution >= 0.6 is 0 Å². The molecule has 168 valence electrons. The van der Waals surface area contributed by atoms with E-state index in [1.165, 1.54) is 13.1 Å². The smallest absolute Gasteiger partial charge is 0.347 e. The summed E-state index contributed by atoms with van der Waals surface area (Å²) in [7, 11) is 1.28. The van der Waals surface area contributed by atoms with Gasteiger partial charge in [-0.15, -0.1) is 0 Å². The lowest BCUT2D eigenvalue weighted by Crippen LogP contribution is -2.50. The first kappa shape index (κ1) is 22.5. The molecule has 1 aliphatic heterocycles. The molecule has 0 saturated heterocycles. The van der Waals surface area contributed by atoms with E-state index in [4.69, 9.17) is 10.5 Å². The van der Waals surface area contributed by atoms with Crippen LogP contribution in [0, 0.1) is 40.2 Å². The molecule has 2 aliphatic rings. The van der Waals surface area contributed by atoms with E-state index in [1.54, 1.807) is 32.2 Å². The van der Waals surface area contributed by atoms with Gasteiger partial charge in [0.2, 0.25) is 5.88 Å². The van der Waals surface area contributed by atoms with Gasteiger partial charge in [0.25, 0.3) is 0 Å². The molecule has 2 aromatic rings. The fourth-order valence-electron chi connectivity index (χ4n) is 4.31. The van der Waals surface area contributed by atoms with E-state index in [9.17, 15) is 20.5 Å². The van der Waals surface area contributed by atoms with Crippen LogP contribution in [-0.2, 0) is 4.79 Å². The number of nitrogens with two attached hydrogens (primary N) is 1. The Morgan fingerprint density at radius 1 is 1.36 bits per heavy atom. The molecule has 0 bridgehead atoms. The summed E-state index contributed by atoms with van der Waals surface area (Å²) in [5, 5.41) is 32.3. The number of aromatic nitrogens is 1. The molecule has 2 heterocycles. The van der Waals surface area contributed by atoms with Gasteiger partial charge in [-0.3, -0.25) is 4.65 Å². The van der Waals surface area contributed by atoms with Gasteiger partial charge in [-0.2, -0.15) is 10.5 Å². The SMILES string of the molecule is CC(C)=C1C(=O)[N+](C)([O-])c2cc(C#N)ccc2C1c1c(OCC2(C#N)CC2)ncc(C)c1N. The van der Waals surface area contributed by atoms with Gasteiger partial charge in [0, 0.05) is 29.1 Å². The second kappa shape index (κ2) is 7.70. The Morgan fingerprint density at radius 3 is 2.64 bits per heavy atom. The molecule has 4 rings (SSSR count). The number of nitrogens with zero attached hydrogens (tertiary/aromatic N) is 4. The number of hydrogen-bond donors (Lipinski definition) is 1. The summed E-state index contributed by atoms with van der Waals surface area (Å²) in [6, 6.07) is 9.12. The van der Waals surface area contributed by atoms with Crippen LogP contribution in [0.25, 0.3) is 0 Å². The molecule has 2 atom stereocenters. The Morgan fingerprint density at radius 2 is 2.06 bits per heavy atom. The number of carbonyl (C=O) groups excluding carboxylic acids is 1. The van der Waals surface area contributed by atoms with Crippen molar-refractivity contribution in [2.75, 3.05) is 19.4 Å². The van der Waals surface area contributed by atoms with Gasteiger partial charge in [-0.05, 0) is 45.2 Å². The van der Waals surface area contributed by atoms with Crippen LogP contribution in [0.5, 0.6) is 5.88 Å². The summed E-state index contributed by atoms with van der Waals surface area (Å²) in [6.45, 7) is 5.55. The lowest BCUT2D eigenvalue weighted by atomic mass is 9.77. The maximum absolute atomic E-state index is 13.5. The third-order valence-corrected chi connectivity index (χ3v) is 6.56. The lowest BCUT2D eigenvalue weighted by molar-refractivity contribution is -0.123. The third kappa shape index (κ3) is 3.54. The molecule has 8 nitrogen and oxygen atoms in total. The van der Waals surface area contributed by atoms with E-state index >= 15 is 0 Å². The summed E-state index contributed by atoms with van der Waals surface area (Å²) in [5.41, 5.74) is 9.70. The molecule has 0 radical (unpaired) electrons. The standard InChI is InChI=1S/C25H25N5O3/c1-14(2)19-20(17-6-5-16(10-26)9-18(17)30(4,32)24(19)31)21-22(28)15(3)11-29-23(21)33-13-25(12-27)7-8-25/h5-6,9,11,20H,7-8,13H2,1-4H3,(H2,28,29). The first-order valence-corrected chi connectivity index (χ1v) is 10.7. The predicted molar refractivity (Wildman–Crippen MR) is 124 cm³/mol. The van der Waals surface area contributed by atoms with Gasteiger partial charge in [-0.25, -0.2) is 9.78 Å². The number of quaternary nitrogens is 1. The highest BCUT2D eigenvalue weighted by atomic mass is 16.6. The highest BCUT2D eigenvalue weighted by Crippen LogP contribution is 2.51. The van der Waals surface area contributed by atoms with Crippen molar-refractivity contribution >= 4 is 17.3 Å². The number of fused-ring (bicyclic) bond motifs is 1. The lowest BCUT2D eigenvalue weighted by Gasteiger charge is -2.43. The number of likely N-dealkylation sites (N-methyl/N-ethyl adjacent to an activating group) is 1. The van der Waals surface area contributed by atoms with Crippen LogP contribution in [0.2, 0.25) is 0 Å². The molecule has 2 unspecified atom stereocenters. The molecule has 1 aliphatic carbocycles. The quantitative estimate of drug-likeness (QED) is 0.429. The zero-order valence-electron chi connectivity index (χ0n) is 19.1. The zero-order valence-corrected chi connectivity index (χ0v) is 19.1. The second-order valence-corrected chi connectivity index (χ2v) is 9.22. The number of nitriles is 2.